The molecule has 5 nitrogen and oxygen atoms in total. The highest BCUT2D eigenvalue weighted by Crippen LogP contribution is 2.40. The summed E-state index contributed by atoms with van der Waals surface area (Å²) >= 11 is 0. The van der Waals surface area contributed by atoms with Crippen LogP contribution in [0.5, 0.6) is 17.2 Å². The fraction of sp³-hybridized carbons (Fsp3) is 0.188. The third kappa shape index (κ3) is 3.18. The van der Waals surface area contributed by atoms with E-state index in [4.69, 9.17) is 19.5 Å². The monoisotopic (exact) mass is 284 g/mol. The van der Waals surface area contributed by atoms with Gasteiger partial charge in [-0.2, -0.15) is 5.26 Å². The van der Waals surface area contributed by atoms with Crippen LogP contribution in [-0.2, 0) is 0 Å². The van der Waals surface area contributed by atoms with Gasteiger partial charge in [0.25, 0.3) is 0 Å². The predicted molar refractivity (Wildman–Crippen MR) is 80.5 cm³/mol. The summed E-state index contributed by atoms with van der Waals surface area (Å²) in [7, 11) is 4.73. The van der Waals surface area contributed by atoms with E-state index >= 15 is 0 Å². The lowest BCUT2D eigenvalue weighted by atomic mass is 10.2. The molecule has 0 bridgehead atoms. The van der Waals surface area contributed by atoms with Crippen LogP contribution >= 0.6 is 0 Å². The van der Waals surface area contributed by atoms with Crippen LogP contribution in [0.3, 0.4) is 0 Å². The van der Waals surface area contributed by atoms with Crippen molar-refractivity contribution in [3.8, 4) is 23.3 Å². The molecule has 21 heavy (non-hydrogen) atoms. The maximum absolute atomic E-state index is 8.95. The van der Waals surface area contributed by atoms with Gasteiger partial charge >= 0.3 is 0 Å². The molecule has 2 aromatic carbocycles. The molecule has 0 radical (unpaired) electrons. The van der Waals surface area contributed by atoms with E-state index < -0.39 is 0 Å². The van der Waals surface area contributed by atoms with Gasteiger partial charge in [0.15, 0.2) is 0 Å². The van der Waals surface area contributed by atoms with Crippen molar-refractivity contribution in [2.45, 2.75) is 0 Å². The highest BCUT2D eigenvalue weighted by molar-refractivity contribution is 5.75. The van der Waals surface area contributed by atoms with Gasteiger partial charge in [-0.25, -0.2) is 0 Å². The maximum Gasteiger partial charge on any atom is 0.149 e. The molecule has 0 heterocycles. The van der Waals surface area contributed by atoms with E-state index in [1.54, 1.807) is 45.6 Å². The summed E-state index contributed by atoms with van der Waals surface area (Å²) in [6, 6.07) is 12.8. The lowest BCUT2D eigenvalue weighted by Crippen LogP contribution is -1.99. The van der Waals surface area contributed by atoms with Crippen molar-refractivity contribution in [3.05, 3.63) is 42.0 Å². The van der Waals surface area contributed by atoms with Crippen LogP contribution in [0.4, 0.5) is 11.4 Å². The Hall–Kier alpha value is -2.87. The summed E-state index contributed by atoms with van der Waals surface area (Å²) < 4.78 is 16.0. The second-order valence-corrected chi connectivity index (χ2v) is 4.22. The summed E-state index contributed by atoms with van der Waals surface area (Å²) in [6.07, 6.45) is 0. The van der Waals surface area contributed by atoms with Crippen LogP contribution in [-0.4, -0.2) is 21.3 Å². The fourth-order valence-corrected chi connectivity index (χ4v) is 1.94. The number of hydrogen-bond acceptors (Lipinski definition) is 5. The minimum atomic E-state index is 0.575. The third-order valence-corrected chi connectivity index (χ3v) is 2.98. The Balaban J connectivity index is 2.44. The topological polar surface area (TPSA) is 63.5 Å². The van der Waals surface area contributed by atoms with Crippen molar-refractivity contribution >= 4 is 11.4 Å². The largest absolute Gasteiger partial charge is 0.496 e. The van der Waals surface area contributed by atoms with Gasteiger partial charge in [-0.05, 0) is 18.2 Å². The first-order valence-electron chi connectivity index (χ1n) is 6.29. The van der Waals surface area contributed by atoms with Crippen molar-refractivity contribution in [1.29, 1.82) is 5.26 Å². The van der Waals surface area contributed by atoms with Crippen molar-refractivity contribution in [3.63, 3.8) is 0 Å². The van der Waals surface area contributed by atoms with Crippen LogP contribution in [0.2, 0.25) is 0 Å². The zero-order chi connectivity index (χ0) is 15.2. The highest BCUT2D eigenvalue weighted by Gasteiger charge is 2.13. The van der Waals surface area contributed by atoms with Gasteiger partial charge in [-0.1, -0.05) is 6.07 Å². The predicted octanol–water partition coefficient (Wildman–Crippen LogP) is 3.33. The zero-order valence-electron chi connectivity index (χ0n) is 12.1. The molecule has 0 atom stereocenters. The molecule has 0 unspecified atom stereocenters. The van der Waals surface area contributed by atoms with E-state index in [0.717, 1.165) is 5.69 Å². The molecule has 108 valence electrons. The summed E-state index contributed by atoms with van der Waals surface area (Å²) in [5.41, 5.74) is 2.03. The average molecular weight is 284 g/mol. The Bertz CT molecular complexity index is 652. The molecule has 0 aromatic heterocycles. The number of anilines is 2. The highest BCUT2D eigenvalue weighted by atomic mass is 16.5. The number of ether oxygens (including phenoxy) is 3. The van der Waals surface area contributed by atoms with E-state index in [1.807, 2.05) is 12.1 Å². The normalized spacial score (nSPS) is 9.62. The van der Waals surface area contributed by atoms with Crippen molar-refractivity contribution in [1.82, 2.24) is 0 Å². The summed E-state index contributed by atoms with van der Waals surface area (Å²) in [5.74, 6) is 1.82. The average Bonchev–Trinajstić information content (AvgIpc) is 2.55. The molecule has 0 aliphatic rings. The molecular weight excluding hydrogens is 268 g/mol. The summed E-state index contributed by atoms with van der Waals surface area (Å²) in [5, 5.41) is 12.2. The first kappa shape index (κ1) is 14.5. The van der Waals surface area contributed by atoms with E-state index in [-0.39, 0.29) is 0 Å². The van der Waals surface area contributed by atoms with Crippen LogP contribution < -0.4 is 19.5 Å². The Morgan fingerprint density at radius 1 is 0.952 bits per heavy atom. The van der Waals surface area contributed by atoms with Gasteiger partial charge in [0, 0.05) is 17.8 Å². The van der Waals surface area contributed by atoms with Crippen LogP contribution in [0, 0.1) is 11.3 Å². The Labute approximate surface area is 123 Å². The van der Waals surface area contributed by atoms with Crippen molar-refractivity contribution in [2.75, 3.05) is 26.6 Å². The maximum atomic E-state index is 8.95. The molecule has 0 saturated heterocycles. The van der Waals surface area contributed by atoms with Crippen molar-refractivity contribution in [2.24, 2.45) is 0 Å². The van der Waals surface area contributed by atoms with E-state index in [0.29, 0.717) is 28.5 Å². The molecule has 2 rings (SSSR count). The van der Waals surface area contributed by atoms with Crippen molar-refractivity contribution < 1.29 is 14.2 Å². The molecule has 5 heteroatoms. The smallest absolute Gasteiger partial charge is 0.149 e. The fourth-order valence-electron chi connectivity index (χ4n) is 1.94. The number of hydrogen-bond donors (Lipinski definition) is 1. The van der Waals surface area contributed by atoms with E-state index in [1.165, 1.54) is 0 Å². The zero-order valence-corrected chi connectivity index (χ0v) is 12.1. The number of nitrogens with zero attached hydrogens (tertiary/aromatic N) is 1. The first-order chi connectivity index (χ1) is 10.2. The van der Waals surface area contributed by atoms with Gasteiger partial charge in [-0.15, -0.1) is 0 Å². The number of methoxy groups -OCH3 is 3. The SMILES string of the molecule is COc1cc(OC)c(Nc2cccc(C#N)c2)c(OC)c1. The molecule has 0 amide bonds. The lowest BCUT2D eigenvalue weighted by Gasteiger charge is -2.16. The minimum Gasteiger partial charge on any atom is -0.496 e. The second-order valence-electron chi connectivity index (χ2n) is 4.22. The first-order valence-corrected chi connectivity index (χ1v) is 6.29. The summed E-state index contributed by atoms with van der Waals surface area (Å²) in [6.45, 7) is 0. The molecular formula is C16H16N2O3. The number of rotatable bonds is 5. The van der Waals surface area contributed by atoms with Crippen LogP contribution in [0.1, 0.15) is 5.56 Å². The quantitative estimate of drug-likeness (QED) is 0.912. The van der Waals surface area contributed by atoms with Gasteiger partial charge in [0.2, 0.25) is 0 Å². The standard InChI is InChI=1S/C16H16N2O3/c1-19-13-8-14(20-2)16(15(9-13)21-3)18-12-6-4-5-11(7-12)10-17/h4-9,18H,1-3H3. The van der Waals surface area contributed by atoms with Gasteiger partial charge < -0.3 is 19.5 Å². The lowest BCUT2D eigenvalue weighted by molar-refractivity contribution is 0.378. The number of nitriles is 1. The van der Waals surface area contributed by atoms with Gasteiger partial charge in [0.05, 0.1) is 33.0 Å². The number of benzene rings is 2. The molecule has 0 saturated carbocycles. The molecule has 0 fully saturated rings. The Morgan fingerprint density at radius 3 is 2.14 bits per heavy atom. The van der Waals surface area contributed by atoms with E-state index in [2.05, 4.69) is 11.4 Å². The Morgan fingerprint density at radius 2 is 1.62 bits per heavy atom. The molecule has 0 aliphatic carbocycles. The number of nitrogens with one attached hydrogen (secondary N) is 1. The minimum absolute atomic E-state index is 0.575. The summed E-state index contributed by atoms with van der Waals surface area (Å²) in [4.78, 5) is 0. The van der Waals surface area contributed by atoms with Gasteiger partial charge in [-0.3, -0.25) is 0 Å². The molecule has 0 aliphatic heterocycles. The third-order valence-electron chi connectivity index (χ3n) is 2.98. The van der Waals surface area contributed by atoms with Crippen LogP contribution in [0.15, 0.2) is 36.4 Å². The molecule has 1 N–H and O–H groups in total. The Kier molecular flexibility index (Phi) is 4.52. The van der Waals surface area contributed by atoms with E-state index in [9.17, 15) is 0 Å². The molecule has 0 spiro atoms. The van der Waals surface area contributed by atoms with Crippen LogP contribution in [0.25, 0.3) is 0 Å². The molecule has 2 aromatic rings. The van der Waals surface area contributed by atoms with Gasteiger partial charge in [0.1, 0.15) is 22.9 Å². The second kappa shape index (κ2) is 6.53.